The predicted molar refractivity (Wildman–Crippen MR) is 116 cm³/mol. The number of carbonyl (C=O) groups excluding carboxylic acids is 1. The van der Waals surface area contributed by atoms with Crippen LogP contribution in [0.15, 0.2) is 48.5 Å². The van der Waals surface area contributed by atoms with Crippen LogP contribution < -0.4 is 19.1 Å². The second-order valence-corrected chi connectivity index (χ2v) is 9.04. The molecule has 1 amide bonds. The van der Waals surface area contributed by atoms with Gasteiger partial charge in [0, 0.05) is 11.6 Å². The van der Waals surface area contributed by atoms with Gasteiger partial charge < -0.3 is 9.47 Å². The lowest BCUT2D eigenvalue weighted by molar-refractivity contribution is -0.114. The van der Waals surface area contributed by atoms with E-state index in [0.717, 1.165) is 21.9 Å². The van der Waals surface area contributed by atoms with Crippen molar-refractivity contribution in [3.63, 3.8) is 0 Å². The SMILES string of the molecule is COc1ccc(-c2nnc(NC(=O)CN(c3cccc(OC)c3)S(C)(=O)=O)s2)cc1. The number of sulfonamides is 1. The Bertz CT molecular complexity index is 1130. The molecule has 0 unspecified atom stereocenters. The second-order valence-electron chi connectivity index (χ2n) is 6.16. The molecule has 0 aliphatic heterocycles. The highest BCUT2D eigenvalue weighted by Gasteiger charge is 2.22. The summed E-state index contributed by atoms with van der Waals surface area (Å²) in [5, 5.41) is 11.5. The van der Waals surface area contributed by atoms with Crippen molar-refractivity contribution in [1.82, 2.24) is 10.2 Å². The number of hydrogen-bond acceptors (Lipinski definition) is 8. The van der Waals surface area contributed by atoms with Gasteiger partial charge in [0.2, 0.25) is 21.1 Å². The minimum absolute atomic E-state index is 0.268. The number of hydrogen-bond donors (Lipinski definition) is 1. The summed E-state index contributed by atoms with van der Waals surface area (Å²) in [6.07, 6.45) is 1.03. The number of carbonyl (C=O) groups is 1. The molecule has 0 bridgehead atoms. The maximum absolute atomic E-state index is 12.5. The van der Waals surface area contributed by atoms with Crippen molar-refractivity contribution in [3.05, 3.63) is 48.5 Å². The first kappa shape index (κ1) is 21.5. The standard InChI is InChI=1S/C19H20N4O5S2/c1-27-15-9-7-13(8-10-15)18-21-22-19(29-18)20-17(24)12-23(30(3,25)26)14-5-4-6-16(11-14)28-2/h4-11H,12H2,1-3H3,(H,20,22,24). The molecule has 158 valence electrons. The van der Waals surface area contributed by atoms with Crippen LogP contribution in [0.1, 0.15) is 0 Å². The van der Waals surface area contributed by atoms with E-state index in [0.29, 0.717) is 16.4 Å². The molecule has 2 aromatic carbocycles. The van der Waals surface area contributed by atoms with Crippen molar-refractivity contribution in [3.8, 4) is 22.1 Å². The molecule has 3 aromatic rings. The molecule has 1 N–H and O–H groups in total. The summed E-state index contributed by atoms with van der Waals surface area (Å²) in [5.74, 6) is 0.658. The zero-order valence-electron chi connectivity index (χ0n) is 16.5. The van der Waals surface area contributed by atoms with Crippen LogP contribution in [0.4, 0.5) is 10.8 Å². The molecule has 11 heteroatoms. The van der Waals surface area contributed by atoms with Gasteiger partial charge in [0.1, 0.15) is 23.1 Å². The summed E-state index contributed by atoms with van der Waals surface area (Å²) in [7, 11) is -0.641. The molecule has 9 nitrogen and oxygen atoms in total. The molecule has 0 spiro atoms. The molecule has 0 aliphatic carbocycles. The number of amides is 1. The summed E-state index contributed by atoms with van der Waals surface area (Å²) in [5.41, 5.74) is 1.14. The van der Waals surface area contributed by atoms with Gasteiger partial charge in [0.15, 0.2) is 0 Å². The molecule has 1 heterocycles. The van der Waals surface area contributed by atoms with E-state index in [1.807, 2.05) is 12.1 Å². The number of methoxy groups -OCH3 is 2. The van der Waals surface area contributed by atoms with Crippen molar-refractivity contribution >= 4 is 38.1 Å². The summed E-state index contributed by atoms with van der Waals surface area (Å²) < 4.78 is 35.7. The van der Waals surface area contributed by atoms with Gasteiger partial charge in [-0.15, -0.1) is 10.2 Å². The van der Waals surface area contributed by atoms with Gasteiger partial charge in [0.05, 0.1) is 26.2 Å². The quantitative estimate of drug-likeness (QED) is 0.564. The van der Waals surface area contributed by atoms with Crippen LogP contribution in [0.25, 0.3) is 10.6 Å². The number of aromatic nitrogens is 2. The lowest BCUT2D eigenvalue weighted by Gasteiger charge is -2.21. The van der Waals surface area contributed by atoms with Crippen LogP contribution in [0.3, 0.4) is 0 Å². The number of benzene rings is 2. The maximum Gasteiger partial charge on any atom is 0.246 e. The number of nitrogens with one attached hydrogen (secondary N) is 1. The van der Waals surface area contributed by atoms with Gasteiger partial charge in [-0.2, -0.15) is 0 Å². The summed E-state index contributed by atoms with van der Waals surface area (Å²) >= 11 is 1.18. The Morgan fingerprint density at radius 2 is 1.77 bits per heavy atom. The predicted octanol–water partition coefficient (Wildman–Crippen LogP) is 2.63. The molecule has 3 rings (SSSR count). The number of ether oxygens (including phenoxy) is 2. The molecular weight excluding hydrogens is 428 g/mol. The Kier molecular flexibility index (Phi) is 6.53. The molecule has 0 radical (unpaired) electrons. The number of nitrogens with zero attached hydrogens (tertiary/aromatic N) is 3. The lowest BCUT2D eigenvalue weighted by atomic mass is 10.2. The van der Waals surface area contributed by atoms with Gasteiger partial charge in [-0.1, -0.05) is 17.4 Å². The Hall–Kier alpha value is -3.18. The Morgan fingerprint density at radius 1 is 1.07 bits per heavy atom. The number of rotatable bonds is 8. The van der Waals surface area contributed by atoms with E-state index in [-0.39, 0.29) is 5.13 Å². The van der Waals surface area contributed by atoms with Gasteiger partial charge in [0.25, 0.3) is 0 Å². The van der Waals surface area contributed by atoms with Gasteiger partial charge in [-0.3, -0.25) is 14.4 Å². The summed E-state index contributed by atoms with van der Waals surface area (Å²) in [4.78, 5) is 12.5. The minimum atomic E-state index is -3.70. The Morgan fingerprint density at radius 3 is 2.40 bits per heavy atom. The fourth-order valence-corrected chi connectivity index (χ4v) is 4.19. The van der Waals surface area contributed by atoms with E-state index in [1.165, 1.54) is 18.4 Å². The van der Waals surface area contributed by atoms with Gasteiger partial charge in [-0.05, 0) is 36.4 Å². The highest BCUT2D eigenvalue weighted by atomic mass is 32.2. The van der Waals surface area contributed by atoms with Crippen LogP contribution in [0.2, 0.25) is 0 Å². The van der Waals surface area contributed by atoms with E-state index < -0.39 is 22.5 Å². The van der Waals surface area contributed by atoms with Crippen molar-refractivity contribution < 1.29 is 22.7 Å². The third kappa shape index (κ3) is 5.24. The third-order valence-corrected chi connectivity index (χ3v) is 6.07. The van der Waals surface area contributed by atoms with Crippen LogP contribution in [0, 0.1) is 0 Å². The fraction of sp³-hybridized carbons (Fsp3) is 0.211. The van der Waals surface area contributed by atoms with Crippen LogP contribution in [-0.4, -0.2) is 51.5 Å². The van der Waals surface area contributed by atoms with E-state index >= 15 is 0 Å². The van der Waals surface area contributed by atoms with E-state index in [9.17, 15) is 13.2 Å². The van der Waals surface area contributed by atoms with Crippen LogP contribution in [-0.2, 0) is 14.8 Å². The average molecular weight is 449 g/mol. The zero-order chi connectivity index (χ0) is 21.7. The first-order chi connectivity index (χ1) is 14.3. The van der Waals surface area contributed by atoms with E-state index in [1.54, 1.807) is 43.5 Å². The normalized spacial score (nSPS) is 11.0. The van der Waals surface area contributed by atoms with Crippen molar-refractivity contribution in [2.75, 3.05) is 36.6 Å². The van der Waals surface area contributed by atoms with Gasteiger partial charge >= 0.3 is 0 Å². The van der Waals surface area contributed by atoms with Crippen molar-refractivity contribution in [2.24, 2.45) is 0 Å². The first-order valence-corrected chi connectivity index (χ1v) is 11.4. The Labute approximate surface area is 178 Å². The first-order valence-electron chi connectivity index (χ1n) is 8.69. The molecule has 0 fully saturated rings. The van der Waals surface area contributed by atoms with Crippen molar-refractivity contribution in [1.29, 1.82) is 0 Å². The molecule has 0 atom stereocenters. The topological polar surface area (TPSA) is 111 Å². The zero-order valence-corrected chi connectivity index (χ0v) is 18.2. The number of anilines is 2. The molecular formula is C19H20N4O5S2. The highest BCUT2D eigenvalue weighted by molar-refractivity contribution is 7.92. The van der Waals surface area contributed by atoms with Crippen LogP contribution >= 0.6 is 11.3 Å². The van der Waals surface area contributed by atoms with Crippen molar-refractivity contribution in [2.45, 2.75) is 0 Å². The monoisotopic (exact) mass is 448 g/mol. The fourth-order valence-electron chi connectivity index (χ4n) is 2.58. The lowest BCUT2D eigenvalue weighted by Crippen LogP contribution is -2.37. The summed E-state index contributed by atoms with van der Waals surface area (Å²) in [6.45, 7) is -0.413. The third-order valence-electron chi connectivity index (χ3n) is 4.04. The van der Waals surface area contributed by atoms with E-state index in [4.69, 9.17) is 9.47 Å². The molecule has 30 heavy (non-hydrogen) atoms. The molecule has 0 saturated carbocycles. The smallest absolute Gasteiger partial charge is 0.246 e. The second kappa shape index (κ2) is 9.09. The van der Waals surface area contributed by atoms with Gasteiger partial charge in [-0.25, -0.2) is 8.42 Å². The largest absolute Gasteiger partial charge is 0.497 e. The molecule has 1 aromatic heterocycles. The van der Waals surface area contributed by atoms with E-state index in [2.05, 4.69) is 15.5 Å². The Balaban J connectivity index is 1.73. The molecule has 0 aliphatic rings. The highest BCUT2D eigenvalue weighted by Crippen LogP contribution is 2.28. The summed E-state index contributed by atoms with van der Waals surface area (Å²) in [6, 6.07) is 13.7. The molecule has 0 saturated heterocycles. The average Bonchev–Trinajstić information content (AvgIpc) is 3.19. The van der Waals surface area contributed by atoms with Crippen LogP contribution in [0.5, 0.6) is 11.5 Å². The minimum Gasteiger partial charge on any atom is -0.497 e. The maximum atomic E-state index is 12.5.